The van der Waals surface area contributed by atoms with Crippen LogP contribution in [0, 0.1) is 12.3 Å². The second-order valence-electron chi connectivity index (χ2n) is 4.78. The molecule has 0 aliphatic heterocycles. The van der Waals surface area contributed by atoms with Gasteiger partial charge in [0.1, 0.15) is 5.75 Å². The molecule has 2 rings (SSSR count). The average Bonchev–Trinajstić information content (AvgIpc) is 2.55. The SMILES string of the molecule is C#CC(C)N(C)C=Nc1ccc(Oc2ccc(Cl)cc2Cl)nc1. The van der Waals surface area contributed by atoms with Crippen molar-refractivity contribution in [2.24, 2.45) is 4.99 Å². The van der Waals surface area contributed by atoms with Crippen LogP contribution in [0.3, 0.4) is 0 Å². The molecule has 0 amide bonds. The van der Waals surface area contributed by atoms with Crippen molar-refractivity contribution in [1.29, 1.82) is 0 Å². The lowest BCUT2D eigenvalue weighted by molar-refractivity contribution is 0.463. The highest BCUT2D eigenvalue weighted by Gasteiger charge is 2.05. The summed E-state index contributed by atoms with van der Waals surface area (Å²) >= 11 is 11.9. The van der Waals surface area contributed by atoms with E-state index >= 15 is 0 Å². The highest BCUT2D eigenvalue weighted by atomic mass is 35.5. The minimum Gasteiger partial charge on any atom is -0.437 e. The number of terminal acetylenes is 1. The lowest BCUT2D eigenvalue weighted by Crippen LogP contribution is -2.25. The second-order valence-corrected chi connectivity index (χ2v) is 5.63. The standard InChI is InChI=1S/C17H15Cl2N3O/c1-4-12(2)22(3)11-21-14-6-8-17(20-10-14)23-16-7-5-13(18)9-15(16)19/h1,5-12H,2-3H3. The number of nitrogens with zero attached hydrogens (tertiary/aromatic N) is 3. The lowest BCUT2D eigenvalue weighted by Gasteiger charge is -2.16. The summed E-state index contributed by atoms with van der Waals surface area (Å²) in [5.41, 5.74) is 0.690. The van der Waals surface area contributed by atoms with Crippen LogP contribution in [0.25, 0.3) is 0 Å². The molecular formula is C17H15Cl2N3O. The summed E-state index contributed by atoms with van der Waals surface area (Å²) in [7, 11) is 1.86. The average molecular weight is 348 g/mol. The van der Waals surface area contributed by atoms with E-state index in [4.69, 9.17) is 34.4 Å². The minimum absolute atomic E-state index is 0.0265. The number of rotatable bonds is 5. The number of ether oxygens (including phenoxy) is 1. The second kappa shape index (κ2) is 7.87. The van der Waals surface area contributed by atoms with Crippen molar-refractivity contribution in [2.75, 3.05) is 7.05 Å². The van der Waals surface area contributed by atoms with Crippen LogP contribution in [0.4, 0.5) is 5.69 Å². The summed E-state index contributed by atoms with van der Waals surface area (Å²) in [5, 5.41) is 0.969. The van der Waals surface area contributed by atoms with E-state index in [9.17, 15) is 0 Å². The van der Waals surface area contributed by atoms with Gasteiger partial charge in [-0.2, -0.15) is 0 Å². The van der Waals surface area contributed by atoms with Crippen molar-refractivity contribution in [2.45, 2.75) is 13.0 Å². The molecule has 1 heterocycles. The Kier molecular flexibility index (Phi) is 5.86. The number of benzene rings is 1. The Bertz CT molecular complexity index is 738. The Morgan fingerprint density at radius 3 is 2.74 bits per heavy atom. The van der Waals surface area contributed by atoms with Crippen LogP contribution in [-0.2, 0) is 0 Å². The highest BCUT2D eigenvalue weighted by molar-refractivity contribution is 6.35. The van der Waals surface area contributed by atoms with E-state index in [0.29, 0.717) is 27.4 Å². The molecule has 6 heteroatoms. The quantitative estimate of drug-likeness (QED) is 0.443. The van der Waals surface area contributed by atoms with Gasteiger partial charge in [0.25, 0.3) is 0 Å². The van der Waals surface area contributed by atoms with E-state index in [1.807, 2.05) is 18.9 Å². The van der Waals surface area contributed by atoms with Gasteiger partial charge in [0.05, 0.1) is 29.3 Å². The first kappa shape index (κ1) is 17.1. The van der Waals surface area contributed by atoms with Crippen LogP contribution in [0.2, 0.25) is 10.0 Å². The molecule has 0 radical (unpaired) electrons. The number of pyridine rings is 1. The maximum atomic E-state index is 6.06. The van der Waals surface area contributed by atoms with E-state index in [1.54, 1.807) is 42.9 Å². The summed E-state index contributed by atoms with van der Waals surface area (Å²) in [6, 6.07) is 8.47. The number of hydrogen-bond donors (Lipinski definition) is 0. The molecule has 0 N–H and O–H groups in total. The lowest BCUT2D eigenvalue weighted by atomic mass is 10.3. The maximum Gasteiger partial charge on any atom is 0.219 e. The van der Waals surface area contributed by atoms with Crippen LogP contribution in [0.5, 0.6) is 11.6 Å². The van der Waals surface area contributed by atoms with Crippen LogP contribution >= 0.6 is 23.2 Å². The fourth-order valence-electron chi connectivity index (χ4n) is 1.56. The fraction of sp³-hybridized carbons (Fsp3) is 0.176. The first-order chi connectivity index (χ1) is 11.0. The minimum atomic E-state index is -0.0265. The molecule has 4 nitrogen and oxygen atoms in total. The molecule has 0 aliphatic rings. The number of halogens is 2. The maximum absolute atomic E-state index is 6.06. The van der Waals surface area contributed by atoms with E-state index < -0.39 is 0 Å². The summed E-state index contributed by atoms with van der Waals surface area (Å²) in [4.78, 5) is 10.3. The molecule has 2 aromatic rings. The van der Waals surface area contributed by atoms with Gasteiger partial charge in [-0.3, -0.25) is 0 Å². The Morgan fingerprint density at radius 1 is 1.35 bits per heavy atom. The Morgan fingerprint density at radius 2 is 2.13 bits per heavy atom. The number of aromatic nitrogens is 1. The van der Waals surface area contributed by atoms with Crippen molar-refractivity contribution in [1.82, 2.24) is 9.88 Å². The van der Waals surface area contributed by atoms with Gasteiger partial charge >= 0.3 is 0 Å². The topological polar surface area (TPSA) is 37.7 Å². The number of aliphatic imine (C=N–C) groups is 1. The first-order valence-electron chi connectivity index (χ1n) is 6.81. The third kappa shape index (κ3) is 4.88. The third-order valence-corrected chi connectivity index (χ3v) is 3.60. The third-order valence-electron chi connectivity index (χ3n) is 3.07. The zero-order valence-corrected chi connectivity index (χ0v) is 14.2. The predicted molar refractivity (Wildman–Crippen MR) is 95.0 cm³/mol. The van der Waals surface area contributed by atoms with Gasteiger partial charge < -0.3 is 9.64 Å². The van der Waals surface area contributed by atoms with Gasteiger partial charge in [-0.15, -0.1) is 6.42 Å². The summed E-state index contributed by atoms with van der Waals surface area (Å²) < 4.78 is 5.61. The molecule has 1 atom stereocenters. The Hall–Kier alpha value is -2.22. The van der Waals surface area contributed by atoms with Gasteiger partial charge in [-0.05, 0) is 31.2 Å². The molecule has 0 spiro atoms. The Labute approximate surface area is 145 Å². The monoisotopic (exact) mass is 347 g/mol. The van der Waals surface area contributed by atoms with Gasteiger partial charge in [0.2, 0.25) is 5.88 Å². The largest absolute Gasteiger partial charge is 0.437 e. The van der Waals surface area contributed by atoms with Crippen LogP contribution < -0.4 is 4.74 Å². The molecule has 0 aliphatic carbocycles. The zero-order valence-electron chi connectivity index (χ0n) is 12.7. The summed E-state index contributed by atoms with van der Waals surface area (Å²) in [6.45, 7) is 1.91. The number of hydrogen-bond acceptors (Lipinski definition) is 3. The van der Waals surface area contributed by atoms with E-state index in [2.05, 4.69) is 15.9 Å². The van der Waals surface area contributed by atoms with Gasteiger partial charge in [-0.25, -0.2) is 9.98 Å². The summed E-state index contributed by atoms with van der Waals surface area (Å²) in [6.07, 6.45) is 8.62. The van der Waals surface area contributed by atoms with Crippen LogP contribution in [-0.4, -0.2) is 29.3 Å². The molecule has 0 saturated carbocycles. The van der Waals surface area contributed by atoms with E-state index in [1.165, 1.54) is 0 Å². The highest BCUT2D eigenvalue weighted by Crippen LogP contribution is 2.31. The molecule has 0 bridgehead atoms. The van der Waals surface area contributed by atoms with Crippen LogP contribution in [0.1, 0.15) is 6.92 Å². The molecule has 23 heavy (non-hydrogen) atoms. The van der Waals surface area contributed by atoms with Crippen molar-refractivity contribution < 1.29 is 4.74 Å². The first-order valence-corrected chi connectivity index (χ1v) is 7.56. The van der Waals surface area contributed by atoms with Gasteiger partial charge in [-0.1, -0.05) is 29.1 Å². The van der Waals surface area contributed by atoms with Crippen LogP contribution in [0.15, 0.2) is 41.5 Å². The van der Waals surface area contributed by atoms with Gasteiger partial charge in [0.15, 0.2) is 0 Å². The molecular weight excluding hydrogens is 333 g/mol. The molecule has 118 valence electrons. The Balaban J connectivity index is 2.05. The molecule has 1 unspecified atom stereocenters. The van der Waals surface area contributed by atoms with Crippen molar-refractivity contribution >= 4 is 35.2 Å². The normalized spacial score (nSPS) is 12.0. The van der Waals surface area contributed by atoms with Crippen molar-refractivity contribution in [3.8, 4) is 24.0 Å². The zero-order chi connectivity index (χ0) is 16.8. The van der Waals surface area contributed by atoms with E-state index in [0.717, 1.165) is 0 Å². The van der Waals surface area contributed by atoms with Gasteiger partial charge in [0, 0.05) is 18.1 Å². The smallest absolute Gasteiger partial charge is 0.219 e. The predicted octanol–water partition coefficient (Wildman–Crippen LogP) is 4.79. The van der Waals surface area contributed by atoms with Crippen molar-refractivity contribution in [3.63, 3.8) is 0 Å². The van der Waals surface area contributed by atoms with E-state index in [-0.39, 0.29) is 6.04 Å². The molecule has 1 aromatic heterocycles. The molecule has 0 saturated heterocycles. The fourth-order valence-corrected chi connectivity index (χ4v) is 2.00. The molecule has 1 aromatic carbocycles. The van der Waals surface area contributed by atoms with Crippen molar-refractivity contribution in [3.05, 3.63) is 46.6 Å². The summed E-state index contributed by atoms with van der Waals surface area (Å²) in [5.74, 6) is 3.53. The molecule has 0 fully saturated rings.